The Morgan fingerprint density at radius 3 is 2.53 bits per heavy atom. The van der Waals surface area contributed by atoms with Gasteiger partial charge in [-0.15, -0.1) is 0 Å². The number of ether oxygens (including phenoxy) is 1. The number of hydrogen-bond acceptors (Lipinski definition) is 4. The largest absolute Gasteiger partial charge is 0.501 e. The number of alkyl halides is 3. The van der Waals surface area contributed by atoms with Crippen molar-refractivity contribution >= 4 is 11.8 Å². The zero-order valence-electron chi connectivity index (χ0n) is 17.0. The molecule has 1 fully saturated rings. The third-order valence-electron chi connectivity index (χ3n) is 5.67. The molecule has 2 N–H and O–H groups in total. The van der Waals surface area contributed by atoms with Crippen molar-refractivity contribution in [1.29, 1.82) is 0 Å². The van der Waals surface area contributed by atoms with Crippen LogP contribution in [-0.2, 0) is 20.7 Å². The van der Waals surface area contributed by atoms with Crippen molar-refractivity contribution in [3.63, 3.8) is 0 Å². The Hall–Kier alpha value is -2.35. The lowest BCUT2D eigenvalue weighted by molar-refractivity contribution is -0.195. The lowest BCUT2D eigenvalue weighted by Gasteiger charge is -2.21. The van der Waals surface area contributed by atoms with E-state index in [0.717, 1.165) is 16.7 Å². The number of carbonyl (C=O) groups excluding carboxylic acids is 1. The predicted molar refractivity (Wildman–Crippen MR) is 104 cm³/mol. The van der Waals surface area contributed by atoms with Gasteiger partial charge in [-0.2, -0.15) is 13.2 Å². The summed E-state index contributed by atoms with van der Waals surface area (Å²) in [4.78, 5) is 23.0. The Morgan fingerprint density at radius 2 is 1.93 bits per heavy atom. The highest BCUT2D eigenvalue weighted by atomic mass is 19.4. The Kier molecular flexibility index (Phi) is 8.06. The van der Waals surface area contributed by atoms with Gasteiger partial charge >= 0.3 is 12.1 Å². The molecule has 8 heteroatoms. The molecule has 0 amide bonds. The van der Waals surface area contributed by atoms with E-state index >= 15 is 0 Å². The van der Waals surface area contributed by atoms with Crippen molar-refractivity contribution in [3.05, 3.63) is 47.2 Å². The van der Waals surface area contributed by atoms with E-state index in [1.165, 1.54) is 12.3 Å². The molecular formula is C22H27F3O5. The number of halogens is 3. The van der Waals surface area contributed by atoms with Crippen LogP contribution in [0.1, 0.15) is 36.0 Å². The fraction of sp³-hybridized carbons (Fsp3) is 0.545. The number of hydrogen-bond donors (Lipinski definition) is 2. The van der Waals surface area contributed by atoms with Crippen molar-refractivity contribution in [3.8, 4) is 0 Å². The lowest BCUT2D eigenvalue weighted by Crippen LogP contribution is -2.36. The molecule has 2 unspecified atom stereocenters. The van der Waals surface area contributed by atoms with Gasteiger partial charge in [0.1, 0.15) is 5.92 Å². The molecule has 1 aromatic carbocycles. The molecule has 0 saturated heterocycles. The van der Waals surface area contributed by atoms with Crippen LogP contribution in [0.25, 0.3) is 0 Å². The maximum atomic E-state index is 13.4. The fourth-order valence-electron chi connectivity index (χ4n) is 3.89. The third-order valence-corrected chi connectivity index (χ3v) is 5.67. The second-order valence-electron chi connectivity index (χ2n) is 7.76. The van der Waals surface area contributed by atoms with Crippen LogP contribution in [0, 0.1) is 31.6 Å². The maximum Gasteiger partial charge on any atom is 0.401 e. The molecule has 0 radical (unpaired) electrons. The number of Topliss-reactive ketones (excluding diaryl/α,β-unsaturated/α-hetero) is 1. The van der Waals surface area contributed by atoms with Gasteiger partial charge in [0.2, 0.25) is 0 Å². The van der Waals surface area contributed by atoms with Gasteiger partial charge in [0.15, 0.2) is 5.78 Å². The van der Waals surface area contributed by atoms with Crippen LogP contribution in [0.4, 0.5) is 13.2 Å². The van der Waals surface area contributed by atoms with E-state index in [-0.39, 0.29) is 25.9 Å². The van der Waals surface area contributed by atoms with Crippen LogP contribution in [-0.4, -0.2) is 40.9 Å². The topological polar surface area (TPSA) is 83.8 Å². The number of aliphatic hydroxyl groups is 1. The van der Waals surface area contributed by atoms with Crippen molar-refractivity contribution in [2.75, 3.05) is 6.61 Å². The summed E-state index contributed by atoms with van der Waals surface area (Å²) in [6, 6.07) is 5.78. The number of carbonyl (C=O) groups is 2. The summed E-state index contributed by atoms with van der Waals surface area (Å²) in [5.41, 5.74) is 3.10. The standard InChI is InChI=1S/C22H27F3O5/c1-13-5-6-15(12-14(13)2)7-8-17-16(4-3-10-30-11-9-18(26)27)20(28)19(21(17)29)22(23,24)25/h3,5-6,10,12,16-17,19-20,28H,4,7-9,11H2,1-2H3,(H,26,27)/t16-,17-,19?,20?/m1/s1. The van der Waals surface area contributed by atoms with E-state index in [2.05, 4.69) is 0 Å². The van der Waals surface area contributed by atoms with Crippen LogP contribution in [0.5, 0.6) is 0 Å². The molecule has 4 atom stereocenters. The molecule has 5 nitrogen and oxygen atoms in total. The minimum Gasteiger partial charge on any atom is -0.501 e. The first-order chi connectivity index (χ1) is 14.0. The monoisotopic (exact) mass is 428 g/mol. The summed E-state index contributed by atoms with van der Waals surface area (Å²) in [6.45, 7) is 3.84. The molecule has 0 heterocycles. The normalized spacial score (nSPS) is 24.5. The first-order valence-electron chi connectivity index (χ1n) is 9.85. The van der Waals surface area contributed by atoms with Gasteiger partial charge in [-0.25, -0.2) is 0 Å². The summed E-state index contributed by atoms with van der Waals surface area (Å²) in [5, 5.41) is 18.8. The summed E-state index contributed by atoms with van der Waals surface area (Å²) in [6.07, 6.45) is -3.50. The third kappa shape index (κ3) is 6.08. The van der Waals surface area contributed by atoms with Gasteiger partial charge in [-0.05, 0) is 61.8 Å². The number of aliphatic carboxylic acids is 1. The van der Waals surface area contributed by atoms with E-state index in [1.54, 1.807) is 0 Å². The molecule has 0 aliphatic heterocycles. The smallest absolute Gasteiger partial charge is 0.401 e. The molecule has 0 bridgehead atoms. The van der Waals surface area contributed by atoms with Gasteiger partial charge in [0.25, 0.3) is 0 Å². The molecular weight excluding hydrogens is 401 g/mol. The molecule has 0 spiro atoms. The minimum atomic E-state index is -4.80. The summed E-state index contributed by atoms with van der Waals surface area (Å²) in [7, 11) is 0. The fourth-order valence-corrected chi connectivity index (χ4v) is 3.89. The molecule has 166 valence electrons. The second-order valence-corrected chi connectivity index (χ2v) is 7.76. The van der Waals surface area contributed by atoms with Crippen LogP contribution in [0.3, 0.4) is 0 Å². The molecule has 1 saturated carbocycles. The SMILES string of the molecule is Cc1ccc(CC[C@H]2C(=O)C(C(F)(F)F)C(O)[C@@H]2CC=COCCC(=O)O)cc1C. The lowest BCUT2D eigenvalue weighted by atomic mass is 9.86. The highest BCUT2D eigenvalue weighted by molar-refractivity contribution is 5.87. The van der Waals surface area contributed by atoms with Gasteiger partial charge in [-0.1, -0.05) is 18.2 Å². The van der Waals surface area contributed by atoms with Gasteiger partial charge in [0, 0.05) is 5.92 Å². The highest BCUT2D eigenvalue weighted by Gasteiger charge is 2.59. The second kappa shape index (κ2) is 10.1. The Bertz CT molecular complexity index is 787. The summed E-state index contributed by atoms with van der Waals surface area (Å²) in [5.74, 6) is -6.18. The molecule has 1 aromatic rings. The quantitative estimate of drug-likeness (QED) is 0.459. The van der Waals surface area contributed by atoms with Gasteiger partial charge < -0.3 is 14.9 Å². The number of rotatable bonds is 9. The van der Waals surface area contributed by atoms with Crippen molar-refractivity contribution in [2.24, 2.45) is 17.8 Å². The maximum absolute atomic E-state index is 13.4. The Balaban J connectivity index is 2.09. The number of aliphatic hydroxyl groups excluding tert-OH is 1. The molecule has 1 aliphatic carbocycles. The molecule has 30 heavy (non-hydrogen) atoms. The van der Waals surface area contributed by atoms with E-state index in [0.29, 0.717) is 6.42 Å². The number of allylic oxidation sites excluding steroid dienone is 1. The predicted octanol–water partition coefficient (Wildman–Crippen LogP) is 3.99. The van der Waals surface area contributed by atoms with E-state index in [9.17, 15) is 27.9 Å². The van der Waals surface area contributed by atoms with Gasteiger partial charge in [-0.3, -0.25) is 9.59 Å². The Morgan fingerprint density at radius 1 is 1.23 bits per heavy atom. The highest BCUT2D eigenvalue weighted by Crippen LogP contribution is 2.45. The number of benzene rings is 1. The average molecular weight is 428 g/mol. The number of carboxylic acids is 1. The Labute approximate surface area is 173 Å². The first kappa shape index (κ1) is 23.9. The summed E-state index contributed by atoms with van der Waals surface area (Å²) < 4.78 is 45.1. The van der Waals surface area contributed by atoms with E-state index < -0.39 is 41.8 Å². The summed E-state index contributed by atoms with van der Waals surface area (Å²) >= 11 is 0. The van der Waals surface area contributed by atoms with Crippen LogP contribution in [0.2, 0.25) is 0 Å². The van der Waals surface area contributed by atoms with Crippen molar-refractivity contribution < 1.29 is 37.7 Å². The van der Waals surface area contributed by atoms with Crippen LogP contribution in [0.15, 0.2) is 30.5 Å². The van der Waals surface area contributed by atoms with E-state index in [1.807, 2.05) is 32.0 Å². The minimum absolute atomic E-state index is 0.0319. The molecule has 0 aromatic heterocycles. The van der Waals surface area contributed by atoms with Crippen molar-refractivity contribution in [2.45, 2.75) is 51.8 Å². The zero-order chi connectivity index (χ0) is 22.5. The first-order valence-corrected chi connectivity index (χ1v) is 9.85. The van der Waals surface area contributed by atoms with Crippen molar-refractivity contribution in [1.82, 2.24) is 0 Å². The zero-order valence-corrected chi connectivity index (χ0v) is 17.0. The average Bonchev–Trinajstić information content (AvgIpc) is 2.88. The van der Waals surface area contributed by atoms with Crippen LogP contribution < -0.4 is 0 Å². The molecule has 1 aliphatic rings. The van der Waals surface area contributed by atoms with Crippen LogP contribution >= 0.6 is 0 Å². The number of carboxylic acid groups (broad SMARTS) is 1. The number of ketones is 1. The van der Waals surface area contributed by atoms with Gasteiger partial charge in [0.05, 0.1) is 25.4 Å². The number of aryl methyl sites for hydroxylation is 3. The molecule has 2 rings (SSSR count). The van der Waals surface area contributed by atoms with E-state index in [4.69, 9.17) is 9.84 Å².